The summed E-state index contributed by atoms with van der Waals surface area (Å²) in [7, 11) is 0. The van der Waals surface area contributed by atoms with Gasteiger partial charge >= 0.3 is 0 Å². The summed E-state index contributed by atoms with van der Waals surface area (Å²) in [5.41, 5.74) is 1.26. The van der Waals surface area contributed by atoms with E-state index in [1.165, 1.54) is 49.1 Å². The average molecular weight is 432 g/mol. The molecule has 2 fully saturated rings. The maximum atomic E-state index is 12.6. The minimum Gasteiger partial charge on any atom is -0.355 e. The maximum absolute atomic E-state index is 12.6. The van der Waals surface area contributed by atoms with E-state index in [1.54, 1.807) is 11.3 Å². The molecular weight excluding hydrogens is 402 g/mol. The van der Waals surface area contributed by atoms with Crippen LogP contribution in [-0.4, -0.2) is 41.3 Å². The number of hydrogen-bond donors (Lipinski definition) is 1. The summed E-state index contributed by atoms with van der Waals surface area (Å²) in [6, 6.07) is 3.75. The van der Waals surface area contributed by atoms with Gasteiger partial charge in [0.15, 0.2) is 0 Å². The van der Waals surface area contributed by atoms with Gasteiger partial charge in [0.05, 0.1) is 21.5 Å². The van der Waals surface area contributed by atoms with Crippen LogP contribution in [0.5, 0.6) is 0 Å². The Morgan fingerprint density at radius 3 is 2.79 bits per heavy atom. The van der Waals surface area contributed by atoms with E-state index in [9.17, 15) is 9.59 Å². The van der Waals surface area contributed by atoms with Gasteiger partial charge in [-0.05, 0) is 37.1 Å². The van der Waals surface area contributed by atoms with E-state index >= 15 is 0 Å². The number of carbonyl (C=O) groups excluding carboxylic acids is 2. The van der Waals surface area contributed by atoms with E-state index < -0.39 is 0 Å². The number of nitrogens with zero attached hydrogens (tertiary/aromatic N) is 2. The lowest BCUT2D eigenvalue weighted by Crippen LogP contribution is -2.45. The van der Waals surface area contributed by atoms with Gasteiger partial charge in [-0.1, -0.05) is 25.3 Å². The van der Waals surface area contributed by atoms with Crippen LogP contribution in [0.4, 0.5) is 0 Å². The highest BCUT2D eigenvalue weighted by molar-refractivity contribution is 7.12. The van der Waals surface area contributed by atoms with Gasteiger partial charge in [0.2, 0.25) is 5.91 Å². The molecule has 0 radical (unpaired) electrons. The molecule has 1 saturated heterocycles. The summed E-state index contributed by atoms with van der Waals surface area (Å²) in [5.74, 6) is 0.646. The number of thiophene rings is 1. The molecule has 1 N–H and O–H groups in total. The normalized spacial score (nSPS) is 20.6. The van der Waals surface area contributed by atoms with Crippen molar-refractivity contribution in [3.63, 3.8) is 0 Å². The molecule has 0 bridgehead atoms. The molecule has 2 aromatic rings. The number of likely N-dealkylation sites (tertiary alicyclic amines) is 1. The highest BCUT2D eigenvalue weighted by atomic mass is 32.1. The third kappa shape index (κ3) is 5.25. The number of carbonyl (C=O) groups is 2. The predicted molar refractivity (Wildman–Crippen MR) is 118 cm³/mol. The topological polar surface area (TPSA) is 62.3 Å². The van der Waals surface area contributed by atoms with E-state index in [-0.39, 0.29) is 17.7 Å². The van der Waals surface area contributed by atoms with Crippen LogP contribution < -0.4 is 5.32 Å². The van der Waals surface area contributed by atoms with Gasteiger partial charge in [0.1, 0.15) is 0 Å². The van der Waals surface area contributed by atoms with Crippen LogP contribution in [-0.2, 0) is 11.2 Å². The average Bonchev–Trinajstić information content (AvgIpc) is 3.46. The zero-order valence-corrected chi connectivity index (χ0v) is 18.4. The first-order valence-corrected chi connectivity index (χ1v) is 12.5. The summed E-state index contributed by atoms with van der Waals surface area (Å²) in [5, 5.41) is 8.32. The van der Waals surface area contributed by atoms with Crippen LogP contribution in [0.25, 0.3) is 0 Å². The van der Waals surface area contributed by atoms with Gasteiger partial charge in [0, 0.05) is 37.4 Å². The van der Waals surface area contributed by atoms with Crippen molar-refractivity contribution in [1.82, 2.24) is 15.2 Å². The number of rotatable bonds is 6. The molecule has 1 aliphatic heterocycles. The number of nitrogens with one attached hydrogen (secondary N) is 1. The number of aromatic nitrogens is 1. The van der Waals surface area contributed by atoms with Crippen molar-refractivity contribution in [3.8, 4) is 0 Å². The largest absolute Gasteiger partial charge is 0.355 e. The standard InChI is InChI=1S/C22H29N3O2S2/c26-21(17-8-4-12-25(14-17)22(27)19-9-5-13-28-19)23-11-10-20-24-18(15-29-20)16-6-2-1-3-7-16/h5,9,13,15-17H,1-4,6-8,10-12,14H2,(H,23,26). The quantitative estimate of drug-likeness (QED) is 0.734. The van der Waals surface area contributed by atoms with Crippen molar-refractivity contribution in [3.05, 3.63) is 38.5 Å². The SMILES string of the molecule is O=C(NCCc1nc(C2CCCCC2)cs1)C1CCCN(C(=O)c2cccs2)C1. The second-order valence-electron chi connectivity index (χ2n) is 8.11. The van der Waals surface area contributed by atoms with Gasteiger partial charge in [-0.3, -0.25) is 9.59 Å². The lowest BCUT2D eigenvalue weighted by Gasteiger charge is -2.31. The van der Waals surface area contributed by atoms with Crippen molar-refractivity contribution >= 4 is 34.5 Å². The van der Waals surface area contributed by atoms with Gasteiger partial charge in [-0.25, -0.2) is 4.98 Å². The summed E-state index contributed by atoms with van der Waals surface area (Å²) in [6.45, 7) is 1.88. The monoisotopic (exact) mass is 431 g/mol. The first-order valence-electron chi connectivity index (χ1n) is 10.8. The molecule has 156 valence electrons. The Balaban J connectivity index is 1.23. The first-order chi connectivity index (χ1) is 14.2. The zero-order chi connectivity index (χ0) is 20.1. The molecule has 0 spiro atoms. The molecule has 1 aliphatic carbocycles. The molecule has 7 heteroatoms. The van der Waals surface area contributed by atoms with Crippen LogP contribution in [0.15, 0.2) is 22.9 Å². The molecule has 2 aromatic heterocycles. The molecule has 2 amide bonds. The van der Waals surface area contributed by atoms with Gasteiger partial charge in [-0.2, -0.15) is 0 Å². The van der Waals surface area contributed by atoms with Crippen molar-refractivity contribution in [2.45, 2.75) is 57.3 Å². The minimum atomic E-state index is -0.109. The van der Waals surface area contributed by atoms with E-state index in [4.69, 9.17) is 4.98 Å². The number of hydrogen-bond acceptors (Lipinski definition) is 5. The molecule has 3 heterocycles. The van der Waals surface area contributed by atoms with Crippen molar-refractivity contribution in [1.29, 1.82) is 0 Å². The van der Waals surface area contributed by atoms with Gasteiger partial charge < -0.3 is 10.2 Å². The lowest BCUT2D eigenvalue weighted by atomic mass is 9.87. The predicted octanol–water partition coefficient (Wildman–Crippen LogP) is 4.46. The van der Waals surface area contributed by atoms with Crippen LogP contribution in [0, 0.1) is 5.92 Å². The molecule has 1 saturated carbocycles. The Hall–Kier alpha value is -1.73. The molecule has 29 heavy (non-hydrogen) atoms. The molecule has 0 aromatic carbocycles. The fourth-order valence-electron chi connectivity index (χ4n) is 4.39. The molecule has 1 atom stereocenters. The van der Waals surface area contributed by atoms with E-state index in [0.717, 1.165) is 35.7 Å². The van der Waals surface area contributed by atoms with E-state index in [1.807, 2.05) is 22.4 Å². The van der Waals surface area contributed by atoms with Crippen LogP contribution in [0.2, 0.25) is 0 Å². The van der Waals surface area contributed by atoms with Crippen LogP contribution in [0.1, 0.15) is 71.2 Å². The smallest absolute Gasteiger partial charge is 0.263 e. The Morgan fingerprint density at radius 1 is 1.14 bits per heavy atom. The van der Waals surface area contributed by atoms with Gasteiger partial charge in [-0.15, -0.1) is 22.7 Å². The number of piperidine rings is 1. The van der Waals surface area contributed by atoms with E-state index in [2.05, 4.69) is 10.7 Å². The second-order valence-corrected chi connectivity index (χ2v) is 10.0. The first kappa shape index (κ1) is 20.5. The fourth-order valence-corrected chi connectivity index (χ4v) is 5.97. The summed E-state index contributed by atoms with van der Waals surface area (Å²) >= 11 is 3.18. The Bertz CT molecular complexity index is 812. The molecule has 5 nitrogen and oxygen atoms in total. The maximum Gasteiger partial charge on any atom is 0.263 e. The van der Waals surface area contributed by atoms with Gasteiger partial charge in [0.25, 0.3) is 5.91 Å². The third-order valence-electron chi connectivity index (χ3n) is 6.04. The molecule has 2 aliphatic rings. The number of thiazole rings is 1. The highest BCUT2D eigenvalue weighted by Gasteiger charge is 2.29. The Kier molecular flexibility index (Phi) is 6.98. The molecule has 1 unspecified atom stereocenters. The Morgan fingerprint density at radius 2 is 2.00 bits per heavy atom. The zero-order valence-electron chi connectivity index (χ0n) is 16.8. The summed E-state index contributed by atoms with van der Waals surface area (Å²) in [6.07, 6.45) is 9.05. The van der Waals surface area contributed by atoms with Crippen molar-refractivity contribution < 1.29 is 9.59 Å². The molecular formula is C22H29N3O2S2. The lowest BCUT2D eigenvalue weighted by molar-refractivity contribution is -0.126. The minimum absolute atomic E-state index is 0.0514. The van der Waals surface area contributed by atoms with Crippen molar-refractivity contribution in [2.75, 3.05) is 19.6 Å². The number of amides is 2. The fraction of sp³-hybridized carbons (Fsp3) is 0.591. The van der Waals surface area contributed by atoms with Crippen molar-refractivity contribution in [2.24, 2.45) is 5.92 Å². The third-order valence-corrected chi connectivity index (χ3v) is 7.83. The second kappa shape index (κ2) is 9.85. The Labute approximate surface area is 180 Å². The van der Waals surface area contributed by atoms with E-state index in [0.29, 0.717) is 19.0 Å². The van der Waals surface area contributed by atoms with Crippen LogP contribution >= 0.6 is 22.7 Å². The summed E-state index contributed by atoms with van der Waals surface area (Å²) < 4.78 is 0. The van der Waals surface area contributed by atoms with Crippen LogP contribution in [0.3, 0.4) is 0 Å². The summed E-state index contributed by atoms with van der Waals surface area (Å²) in [4.78, 5) is 32.6. The molecule has 4 rings (SSSR count). The highest BCUT2D eigenvalue weighted by Crippen LogP contribution is 2.33.